The maximum atomic E-state index is 6.55. The molecule has 0 amide bonds. The van der Waals surface area contributed by atoms with Crippen LogP contribution in [0, 0.1) is 0 Å². The minimum absolute atomic E-state index is 0.292. The average molecular weight is 403 g/mol. The second-order valence-electron chi connectivity index (χ2n) is 7.84. The lowest BCUT2D eigenvalue weighted by atomic mass is 9.88. The van der Waals surface area contributed by atoms with E-state index in [9.17, 15) is 0 Å². The van der Waals surface area contributed by atoms with Crippen LogP contribution in [-0.2, 0) is 0 Å². The smallest absolute Gasteiger partial charge is 0.146 e. The van der Waals surface area contributed by atoms with Crippen molar-refractivity contribution in [1.29, 1.82) is 0 Å². The highest BCUT2D eigenvalue weighted by atomic mass is 35.5. The molecule has 2 atom stereocenters. The van der Waals surface area contributed by atoms with Crippen LogP contribution in [-0.4, -0.2) is 32.3 Å². The normalized spacial score (nSPS) is 24.3. The van der Waals surface area contributed by atoms with Gasteiger partial charge >= 0.3 is 0 Å². The van der Waals surface area contributed by atoms with Crippen molar-refractivity contribution in [2.75, 3.05) is 31.1 Å². The van der Waals surface area contributed by atoms with Crippen LogP contribution in [0.15, 0.2) is 30.3 Å². The van der Waals surface area contributed by atoms with E-state index in [0.717, 1.165) is 49.5 Å². The molecule has 3 nitrogen and oxygen atoms in total. The molecule has 3 aliphatic heterocycles. The van der Waals surface area contributed by atoms with Gasteiger partial charge in [-0.3, -0.25) is 0 Å². The summed E-state index contributed by atoms with van der Waals surface area (Å²) in [5.74, 6) is 1.52. The molecule has 27 heavy (non-hydrogen) atoms. The summed E-state index contributed by atoms with van der Waals surface area (Å²) in [5, 5.41) is 4.90. The fraction of sp³-hybridized carbons (Fsp3) is 0.455. The van der Waals surface area contributed by atoms with E-state index in [1.165, 1.54) is 30.5 Å². The Kier molecular flexibility index (Phi) is 4.71. The summed E-state index contributed by atoms with van der Waals surface area (Å²) in [6.07, 6.45) is 5.16. The second kappa shape index (κ2) is 7.20. The maximum absolute atomic E-state index is 6.55. The number of hydrogen-bond acceptors (Lipinski definition) is 3. The molecule has 3 aliphatic rings. The zero-order valence-corrected chi connectivity index (χ0v) is 16.8. The summed E-state index contributed by atoms with van der Waals surface area (Å²) < 4.78 is 6.50. The highest BCUT2D eigenvalue weighted by Crippen LogP contribution is 2.49. The van der Waals surface area contributed by atoms with Crippen molar-refractivity contribution in [3.05, 3.63) is 45.9 Å². The zero-order chi connectivity index (χ0) is 18.4. The largest absolute Gasteiger partial charge is 0.487 e. The van der Waals surface area contributed by atoms with E-state index in [0.29, 0.717) is 22.1 Å². The van der Waals surface area contributed by atoms with Crippen molar-refractivity contribution in [2.45, 2.75) is 37.7 Å². The van der Waals surface area contributed by atoms with Gasteiger partial charge in [-0.25, -0.2) is 0 Å². The maximum Gasteiger partial charge on any atom is 0.146 e. The van der Waals surface area contributed by atoms with Crippen molar-refractivity contribution < 1.29 is 4.74 Å². The van der Waals surface area contributed by atoms with Crippen LogP contribution in [0.3, 0.4) is 0 Å². The molecule has 0 saturated carbocycles. The first-order valence-corrected chi connectivity index (χ1v) is 10.7. The number of fused-ring (bicyclic) bond motifs is 3. The van der Waals surface area contributed by atoms with Gasteiger partial charge in [0.1, 0.15) is 11.9 Å². The molecule has 0 spiro atoms. The summed E-state index contributed by atoms with van der Waals surface area (Å²) >= 11 is 12.7. The van der Waals surface area contributed by atoms with Gasteiger partial charge in [0.05, 0.1) is 5.69 Å². The third-order valence-electron chi connectivity index (χ3n) is 6.12. The topological polar surface area (TPSA) is 24.5 Å². The fourth-order valence-corrected chi connectivity index (χ4v) is 5.24. The highest BCUT2D eigenvalue weighted by molar-refractivity contribution is 6.36. The Morgan fingerprint density at radius 1 is 1.04 bits per heavy atom. The zero-order valence-electron chi connectivity index (χ0n) is 15.3. The molecule has 142 valence electrons. The lowest BCUT2D eigenvalue weighted by Gasteiger charge is -2.30. The Bertz CT molecular complexity index is 864. The predicted octanol–water partition coefficient (Wildman–Crippen LogP) is 5.49. The molecule has 2 fully saturated rings. The van der Waals surface area contributed by atoms with Gasteiger partial charge in [-0.1, -0.05) is 29.3 Å². The molecule has 0 aliphatic carbocycles. The number of nitrogens with one attached hydrogen (secondary N) is 1. The Labute approximate surface area is 170 Å². The molecular weight excluding hydrogens is 379 g/mol. The molecule has 5 heteroatoms. The average Bonchev–Trinajstić information content (AvgIpc) is 3.07. The van der Waals surface area contributed by atoms with Gasteiger partial charge in [0.15, 0.2) is 0 Å². The highest BCUT2D eigenvalue weighted by Gasteiger charge is 2.39. The van der Waals surface area contributed by atoms with Crippen LogP contribution in [0.1, 0.15) is 37.2 Å². The standard InChI is InChI=1S/C22H24Cl2N2O/c23-15-4-5-16(19(24)12-15)14-10-17-18-13-25-7-6-21(18)27-22(17)20(11-14)26-8-2-1-3-9-26/h4-5,10-12,18,21,25H,1-3,6-9,13H2/t18-,21-/m0/s1. The first-order valence-electron chi connectivity index (χ1n) is 9.96. The number of rotatable bonds is 2. The van der Waals surface area contributed by atoms with Gasteiger partial charge in [-0.15, -0.1) is 0 Å². The Hall–Kier alpha value is -1.42. The lowest BCUT2D eigenvalue weighted by Crippen LogP contribution is -2.37. The summed E-state index contributed by atoms with van der Waals surface area (Å²) in [5.41, 5.74) is 4.76. The number of nitrogens with zero attached hydrogens (tertiary/aromatic N) is 1. The number of anilines is 1. The van der Waals surface area contributed by atoms with Crippen LogP contribution < -0.4 is 15.0 Å². The van der Waals surface area contributed by atoms with Gasteiger partial charge < -0.3 is 15.0 Å². The third-order valence-corrected chi connectivity index (χ3v) is 6.67. The van der Waals surface area contributed by atoms with E-state index < -0.39 is 0 Å². The van der Waals surface area contributed by atoms with E-state index in [4.69, 9.17) is 27.9 Å². The van der Waals surface area contributed by atoms with Gasteiger partial charge in [0.25, 0.3) is 0 Å². The van der Waals surface area contributed by atoms with Gasteiger partial charge in [-0.05, 0) is 62.1 Å². The van der Waals surface area contributed by atoms with Crippen LogP contribution >= 0.6 is 23.2 Å². The molecule has 2 aromatic carbocycles. The summed E-state index contributed by atoms with van der Waals surface area (Å²) in [6.45, 7) is 4.21. The second-order valence-corrected chi connectivity index (χ2v) is 8.68. The SMILES string of the molecule is Clc1ccc(-c2cc3c(c(N4CCCCC4)c2)O[C@H]2CCNC[C@@H]32)c(Cl)c1. The van der Waals surface area contributed by atoms with Crippen molar-refractivity contribution in [3.8, 4) is 16.9 Å². The van der Waals surface area contributed by atoms with Crippen molar-refractivity contribution >= 4 is 28.9 Å². The van der Waals surface area contributed by atoms with E-state index >= 15 is 0 Å². The number of hydrogen-bond donors (Lipinski definition) is 1. The molecule has 5 rings (SSSR count). The monoisotopic (exact) mass is 402 g/mol. The van der Waals surface area contributed by atoms with Crippen LogP contribution in [0.4, 0.5) is 5.69 Å². The number of benzene rings is 2. The minimum Gasteiger partial charge on any atom is -0.487 e. The Balaban J connectivity index is 1.64. The molecule has 0 bridgehead atoms. The van der Waals surface area contributed by atoms with E-state index in [1.807, 2.05) is 18.2 Å². The minimum atomic E-state index is 0.292. The molecular formula is C22H24Cl2N2O. The third kappa shape index (κ3) is 3.20. The van der Waals surface area contributed by atoms with Crippen molar-refractivity contribution in [1.82, 2.24) is 5.32 Å². The molecule has 2 saturated heterocycles. The van der Waals surface area contributed by atoms with Crippen LogP contribution in [0.25, 0.3) is 11.1 Å². The van der Waals surface area contributed by atoms with Gasteiger partial charge in [0, 0.05) is 46.7 Å². The Morgan fingerprint density at radius 3 is 2.70 bits per heavy atom. The molecule has 0 radical (unpaired) electrons. The molecule has 0 unspecified atom stereocenters. The lowest BCUT2D eigenvalue weighted by molar-refractivity contribution is 0.172. The van der Waals surface area contributed by atoms with Crippen LogP contribution in [0.5, 0.6) is 5.75 Å². The van der Waals surface area contributed by atoms with E-state index in [1.54, 1.807) is 0 Å². The first kappa shape index (κ1) is 17.7. The summed E-state index contributed by atoms with van der Waals surface area (Å²) in [7, 11) is 0. The van der Waals surface area contributed by atoms with E-state index in [2.05, 4.69) is 22.3 Å². The molecule has 1 N–H and O–H groups in total. The Morgan fingerprint density at radius 2 is 1.89 bits per heavy atom. The summed E-state index contributed by atoms with van der Waals surface area (Å²) in [4.78, 5) is 2.50. The summed E-state index contributed by atoms with van der Waals surface area (Å²) in [6, 6.07) is 10.3. The number of ether oxygens (including phenoxy) is 1. The van der Waals surface area contributed by atoms with Crippen molar-refractivity contribution in [3.63, 3.8) is 0 Å². The molecule has 0 aromatic heterocycles. The predicted molar refractivity (Wildman–Crippen MR) is 113 cm³/mol. The van der Waals surface area contributed by atoms with E-state index in [-0.39, 0.29) is 0 Å². The van der Waals surface area contributed by atoms with Gasteiger partial charge in [0.2, 0.25) is 0 Å². The van der Waals surface area contributed by atoms with Gasteiger partial charge in [-0.2, -0.15) is 0 Å². The molecule has 3 heterocycles. The quantitative estimate of drug-likeness (QED) is 0.718. The van der Waals surface area contributed by atoms with Crippen molar-refractivity contribution in [2.24, 2.45) is 0 Å². The number of halogens is 2. The number of piperidine rings is 2. The first-order chi connectivity index (χ1) is 13.2. The van der Waals surface area contributed by atoms with Crippen LogP contribution in [0.2, 0.25) is 10.0 Å². The molecule has 2 aromatic rings. The fourth-order valence-electron chi connectivity index (χ4n) is 4.73.